The van der Waals surface area contributed by atoms with Gasteiger partial charge in [0.05, 0.1) is 5.02 Å². The van der Waals surface area contributed by atoms with Gasteiger partial charge in [0, 0.05) is 0 Å². The molecule has 0 fully saturated rings. The van der Waals surface area contributed by atoms with Gasteiger partial charge >= 0.3 is 40.5 Å². The second-order valence-corrected chi connectivity index (χ2v) is 16.3. The molecule has 0 saturated heterocycles. The summed E-state index contributed by atoms with van der Waals surface area (Å²) in [5, 5.41) is 0.127. The summed E-state index contributed by atoms with van der Waals surface area (Å²) in [6.45, 7) is 3.42. The van der Waals surface area contributed by atoms with Crippen LogP contribution in [0, 0.1) is 12.7 Å². The predicted molar refractivity (Wildman–Crippen MR) is 53.7 cm³/mol. The van der Waals surface area contributed by atoms with Crippen LogP contribution >= 0.6 is 38.8 Å². The first kappa shape index (κ1) is 13.0. The Bertz CT molecular complexity index is 225. The van der Waals surface area contributed by atoms with E-state index in [9.17, 15) is 4.39 Å². The van der Waals surface area contributed by atoms with Crippen LogP contribution in [-0.4, -0.2) is 0 Å². The number of rotatable bonds is 0. The summed E-state index contributed by atoms with van der Waals surface area (Å²) in [4.78, 5) is 0. The van der Waals surface area contributed by atoms with Gasteiger partial charge in [0.25, 0.3) is 0 Å². The largest absolute Gasteiger partial charge is 0.205 e. The van der Waals surface area contributed by atoms with E-state index in [2.05, 4.69) is 34.2 Å². The van der Waals surface area contributed by atoms with E-state index >= 15 is 0 Å². The van der Waals surface area contributed by atoms with E-state index in [1.165, 1.54) is 6.07 Å². The molecule has 1 radical (unpaired) electrons. The van der Waals surface area contributed by atoms with Crippen LogP contribution in [0.1, 0.15) is 5.56 Å². The van der Waals surface area contributed by atoms with Crippen LogP contribution in [-0.2, 0) is 13.2 Å². The van der Waals surface area contributed by atoms with Gasteiger partial charge in [-0.25, -0.2) is 4.39 Å². The number of benzene rings is 1. The summed E-state index contributed by atoms with van der Waals surface area (Å²) in [6, 6.07) is 4.72. The van der Waals surface area contributed by atoms with Gasteiger partial charge in [-0.2, -0.15) is 0 Å². The minimum Gasteiger partial charge on any atom is -0.205 e. The summed E-state index contributed by atoms with van der Waals surface area (Å²) >= 11 is 11.6. The Morgan fingerprint density at radius 3 is 2.25 bits per heavy atom. The SMILES string of the molecule is [Br][Zn][Br].[CH2]c1cccc(Cl)c1F. The smallest absolute Gasteiger partial charge is 0.144 e. The molecule has 0 saturated carbocycles. The van der Waals surface area contributed by atoms with Gasteiger partial charge in [0.1, 0.15) is 5.82 Å². The molecule has 1 rings (SSSR count). The van der Waals surface area contributed by atoms with Crippen molar-refractivity contribution in [1.29, 1.82) is 0 Å². The molecule has 0 N–H and O–H groups in total. The fourth-order valence-electron chi connectivity index (χ4n) is 0.548. The summed E-state index contributed by atoms with van der Waals surface area (Å²) < 4.78 is 12.5. The average molecular weight is 369 g/mol. The van der Waals surface area contributed by atoms with Crippen molar-refractivity contribution in [2.24, 2.45) is 0 Å². The zero-order chi connectivity index (χ0) is 9.56. The van der Waals surface area contributed by atoms with Crippen molar-refractivity contribution in [2.45, 2.75) is 0 Å². The van der Waals surface area contributed by atoms with Crippen LogP contribution in [0.4, 0.5) is 4.39 Å². The first-order valence-electron chi connectivity index (χ1n) is 3.01. The molecule has 12 heavy (non-hydrogen) atoms. The normalized spacial score (nSPS) is 8.08. The van der Waals surface area contributed by atoms with Crippen molar-refractivity contribution in [3.8, 4) is 0 Å². The van der Waals surface area contributed by atoms with Crippen molar-refractivity contribution in [3.05, 3.63) is 41.5 Å². The standard InChI is InChI=1S/C7H5ClF.2BrH.Zn/c1-5-3-2-4-6(8)7(5)9;;;/h2-4H,1H2;2*1H;/q;;;+2/p-2. The van der Waals surface area contributed by atoms with E-state index in [0.717, 1.165) is 0 Å². The van der Waals surface area contributed by atoms with Crippen LogP contribution in [0.2, 0.25) is 5.02 Å². The monoisotopic (exact) mass is 365 g/mol. The molecule has 1 aromatic rings. The molecule has 1 aromatic carbocycles. The van der Waals surface area contributed by atoms with E-state index in [0.29, 0.717) is 5.56 Å². The Hall–Kier alpha value is 1.02. The molecule has 0 bridgehead atoms. The number of hydrogen-bond donors (Lipinski definition) is 0. The summed E-state index contributed by atoms with van der Waals surface area (Å²) in [6.07, 6.45) is 0. The van der Waals surface area contributed by atoms with E-state index in [4.69, 9.17) is 11.6 Å². The maximum atomic E-state index is 12.5. The van der Waals surface area contributed by atoms with Crippen molar-refractivity contribution in [2.75, 3.05) is 0 Å². The predicted octanol–water partition coefficient (Wildman–Crippen LogP) is 4.35. The average Bonchev–Trinajstić information content (AvgIpc) is 2.02. The first-order valence-corrected chi connectivity index (χ1v) is 17.3. The molecule has 0 amide bonds. The molecule has 0 atom stereocenters. The molecule has 0 heterocycles. The topological polar surface area (TPSA) is 0 Å². The van der Waals surface area contributed by atoms with Crippen LogP contribution in [0.5, 0.6) is 0 Å². The summed E-state index contributed by atoms with van der Waals surface area (Å²) in [5.41, 5.74) is 0.336. The van der Waals surface area contributed by atoms with Gasteiger partial charge in [-0.1, -0.05) is 23.7 Å². The third kappa shape index (κ3) is 4.91. The van der Waals surface area contributed by atoms with Crippen LogP contribution < -0.4 is 0 Å². The van der Waals surface area contributed by atoms with Crippen LogP contribution in [0.15, 0.2) is 18.2 Å². The van der Waals surface area contributed by atoms with Crippen molar-refractivity contribution >= 4 is 38.8 Å². The maximum Gasteiger partial charge on any atom is 0.144 e. The molecule has 63 valence electrons. The van der Waals surface area contributed by atoms with Gasteiger partial charge in [0.2, 0.25) is 0 Å². The van der Waals surface area contributed by atoms with Crippen molar-refractivity contribution in [3.63, 3.8) is 0 Å². The zero-order valence-corrected chi connectivity index (χ0v) is 13.1. The zero-order valence-electron chi connectivity index (χ0n) is 6.16. The Morgan fingerprint density at radius 2 is 1.92 bits per heavy atom. The minimum atomic E-state index is -0.431. The molecular formula is C7H5Br2ClFZn. The van der Waals surface area contributed by atoms with Crippen molar-refractivity contribution in [1.82, 2.24) is 0 Å². The molecule has 0 spiro atoms. The fourth-order valence-corrected chi connectivity index (χ4v) is 0.743. The molecule has 0 aliphatic heterocycles. The fraction of sp³-hybridized carbons (Fsp3) is 0. The maximum absolute atomic E-state index is 12.5. The third-order valence-electron chi connectivity index (χ3n) is 1.03. The molecule has 0 nitrogen and oxygen atoms in total. The van der Waals surface area contributed by atoms with Crippen LogP contribution in [0.25, 0.3) is 0 Å². The number of hydrogen-bond acceptors (Lipinski definition) is 0. The molecule has 0 aromatic heterocycles. The second kappa shape index (κ2) is 7.43. The van der Waals surface area contributed by atoms with Gasteiger partial charge in [-0.3, -0.25) is 0 Å². The Labute approximate surface area is 97.2 Å². The Morgan fingerprint density at radius 1 is 1.42 bits per heavy atom. The molecule has 0 aliphatic carbocycles. The van der Waals surface area contributed by atoms with Gasteiger partial charge in [-0.15, -0.1) is 0 Å². The number of halogens is 4. The first-order chi connectivity index (χ1) is 5.63. The van der Waals surface area contributed by atoms with E-state index < -0.39 is 5.82 Å². The van der Waals surface area contributed by atoms with Gasteiger partial charge in [0.15, 0.2) is 0 Å². The van der Waals surface area contributed by atoms with Gasteiger partial charge < -0.3 is 0 Å². The Balaban J connectivity index is 0.000000354. The Kier molecular flexibility index (Phi) is 8.06. The molecule has 0 unspecified atom stereocenters. The van der Waals surface area contributed by atoms with Crippen LogP contribution in [0.3, 0.4) is 0 Å². The van der Waals surface area contributed by atoms with E-state index in [-0.39, 0.29) is 18.2 Å². The van der Waals surface area contributed by atoms with E-state index in [1.807, 2.05) is 0 Å². The summed E-state index contributed by atoms with van der Waals surface area (Å²) in [7, 11) is 0. The summed E-state index contributed by atoms with van der Waals surface area (Å²) in [5.74, 6) is -0.431. The molecular weight excluding hydrogens is 364 g/mol. The third-order valence-corrected chi connectivity index (χ3v) is 1.32. The quantitative estimate of drug-likeness (QED) is 0.597. The molecule has 5 heteroatoms. The molecule has 0 aliphatic rings. The van der Waals surface area contributed by atoms with E-state index in [1.54, 1.807) is 12.1 Å². The minimum absolute atomic E-state index is 0.127. The second-order valence-electron chi connectivity index (χ2n) is 1.81. The van der Waals surface area contributed by atoms with Gasteiger partial charge in [-0.05, 0) is 18.6 Å². The van der Waals surface area contributed by atoms with Crippen molar-refractivity contribution < 1.29 is 17.6 Å².